The number of ether oxygens (including phenoxy) is 2. The molecule has 1 aromatic rings. The molecule has 0 radical (unpaired) electrons. The Morgan fingerprint density at radius 1 is 1.27 bits per heavy atom. The lowest BCUT2D eigenvalue weighted by Crippen LogP contribution is -2.58. The monoisotopic (exact) mass is 365 g/mol. The first-order valence-electron chi connectivity index (χ1n) is 8.23. The third-order valence-corrected chi connectivity index (χ3v) is 3.81. The van der Waals surface area contributed by atoms with Crippen molar-refractivity contribution in [2.75, 3.05) is 25.5 Å². The first kappa shape index (κ1) is 19.7. The van der Waals surface area contributed by atoms with E-state index in [4.69, 9.17) is 10.1 Å². The number of methoxy groups -OCH3 is 1. The summed E-state index contributed by atoms with van der Waals surface area (Å²) in [6.45, 7) is 7.76. The number of carbonyl (C=O) groups excluding carboxylic acids is 2. The molecule has 0 saturated carbocycles. The normalized spacial score (nSPS) is 14.5. The average Bonchev–Trinajstić information content (AvgIpc) is 2.47. The largest absolute Gasteiger partial charge is 0.465 e. The van der Waals surface area contributed by atoms with Crippen molar-refractivity contribution in [2.45, 2.75) is 39.3 Å². The number of amides is 1. The van der Waals surface area contributed by atoms with E-state index in [1.807, 2.05) is 0 Å². The minimum Gasteiger partial charge on any atom is -0.465 e. The Hall–Kier alpha value is -2.64. The maximum atomic E-state index is 14.2. The van der Waals surface area contributed by atoms with Gasteiger partial charge in [0.05, 0.1) is 18.7 Å². The number of anilines is 1. The molecule has 1 aliphatic rings. The summed E-state index contributed by atoms with van der Waals surface area (Å²) in [7, 11) is 1.17. The van der Waals surface area contributed by atoms with Gasteiger partial charge in [-0.25, -0.2) is 14.0 Å². The fourth-order valence-corrected chi connectivity index (χ4v) is 2.53. The Balaban J connectivity index is 2.09. The molecular formula is C18H24FN3O4. The number of nitrogens with one attached hydrogen (secondary N) is 2. The number of esters is 1. The smallest absolute Gasteiger partial charge is 0.410 e. The van der Waals surface area contributed by atoms with Crippen LogP contribution >= 0.6 is 0 Å². The summed E-state index contributed by atoms with van der Waals surface area (Å²) in [5.41, 5.74) is 0.205. The minimum atomic E-state index is -0.795. The Morgan fingerprint density at radius 3 is 2.38 bits per heavy atom. The van der Waals surface area contributed by atoms with Gasteiger partial charge in [0.2, 0.25) is 0 Å². The van der Waals surface area contributed by atoms with Gasteiger partial charge in [-0.05, 0) is 39.8 Å². The summed E-state index contributed by atoms with van der Waals surface area (Å²) < 4.78 is 24.0. The van der Waals surface area contributed by atoms with E-state index in [-0.39, 0.29) is 17.3 Å². The first-order valence-corrected chi connectivity index (χ1v) is 8.23. The molecule has 7 nitrogen and oxygen atoms in total. The molecule has 1 saturated heterocycles. The summed E-state index contributed by atoms with van der Waals surface area (Å²) in [4.78, 5) is 25.1. The molecule has 0 bridgehead atoms. The van der Waals surface area contributed by atoms with Crippen molar-refractivity contribution in [2.24, 2.45) is 0 Å². The number of rotatable bonds is 4. The third-order valence-electron chi connectivity index (χ3n) is 3.81. The van der Waals surface area contributed by atoms with Gasteiger partial charge in [0.25, 0.3) is 0 Å². The van der Waals surface area contributed by atoms with Crippen LogP contribution in [0.2, 0.25) is 0 Å². The molecule has 0 atom stereocenters. The van der Waals surface area contributed by atoms with E-state index in [0.29, 0.717) is 24.3 Å². The molecule has 142 valence electrons. The highest BCUT2D eigenvalue weighted by Crippen LogP contribution is 2.25. The highest BCUT2D eigenvalue weighted by molar-refractivity contribution is 6.04. The molecule has 26 heavy (non-hydrogen) atoms. The SMILES string of the molecule is COC(=O)c1cc(C(C)=N)c(NC2CN(C(=O)OC(C)(C)C)C2)cc1F. The molecule has 0 unspecified atom stereocenters. The van der Waals surface area contributed by atoms with Crippen LogP contribution in [0, 0.1) is 11.2 Å². The fraction of sp³-hybridized carbons (Fsp3) is 0.500. The second-order valence-corrected chi connectivity index (χ2v) is 7.22. The van der Waals surface area contributed by atoms with Crippen LogP contribution < -0.4 is 5.32 Å². The minimum absolute atomic E-state index is 0.0935. The Morgan fingerprint density at radius 2 is 1.88 bits per heavy atom. The second-order valence-electron chi connectivity index (χ2n) is 7.22. The predicted molar refractivity (Wildman–Crippen MR) is 95.5 cm³/mol. The number of hydrogen-bond acceptors (Lipinski definition) is 6. The summed E-state index contributed by atoms with van der Waals surface area (Å²) in [5.74, 6) is -1.52. The number of halogens is 1. The Bertz CT molecular complexity index is 737. The van der Waals surface area contributed by atoms with Gasteiger partial charge in [0.1, 0.15) is 11.4 Å². The lowest BCUT2D eigenvalue weighted by Gasteiger charge is -2.40. The highest BCUT2D eigenvalue weighted by Gasteiger charge is 2.34. The zero-order valence-electron chi connectivity index (χ0n) is 15.6. The van der Waals surface area contributed by atoms with Crippen molar-refractivity contribution >= 4 is 23.5 Å². The highest BCUT2D eigenvalue weighted by atomic mass is 19.1. The van der Waals surface area contributed by atoms with Crippen LogP contribution in [0.1, 0.15) is 43.6 Å². The predicted octanol–water partition coefficient (Wildman–Crippen LogP) is 3.03. The van der Waals surface area contributed by atoms with Crippen LogP contribution in [-0.2, 0) is 9.47 Å². The molecule has 1 fully saturated rings. The van der Waals surface area contributed by atoms with Gasteiger partial charge >= 0.3 is 12.1 Å². The molecule has 0 aliphatic carbocycles. The van der Waals surface area contributed by atoms with Gasteiger partial charge in [-0.15, -0.1) is 0 Å². The number of hydrogen-bond donors (Lipinski definition) is 2. The van der Waals surface area contributed by atoms with Crippen LogP contribution in [0.15, 0.2) is 12.1 Å². The molecule has 0 aromatic heterocycles. The second kappa shape index (κ2) is 7.31. The first-order chi connectivity index (χ1) is 12.0. The van der Waals surface area contributed by atoms with Gasteiger partial charge in [0, 0.05) is 30.1 Å². The van der Waals surface area contributed by atoms with Crippen molar-refractivity contribution in [3.63, 3.8) is 0 Å². The molecule has 1 aromatic carbocycles. The van der Waals surface area contributed by atoms with Crippen LogP contribution in [-0.4, -0.2) is 54.5 Å². The van der Waals surface area contributed by atoms with Crippen molar-refractivity contribution < 1.29 is 23.5 Å². The molecule has 0 spiro atoms. The van der Waals surface area contributed by atoms with Gasteiger partial charge in [0.15, 0.2) is 0 Å². The van der Waals surface area contributed by atoms with Crippen molar-refractivity contribution in [3.05, 3.63) is 29.1 Å². The maximum Gasteiger partial charge on any atom is 0.410 e. The number of likely N-dealkylation sites (tertiary alicyclic amines) is 1. The lowest BCUT2D eigenvalue weighted by atomic mass is 10.0. The standard InChI is InChI=1S/C18H24FN3O4/c1-10(20)12-6-13(16(23)25-5)14(19)7-15(12)21-11-8-22(9-11)17(24)26-18(2,3)4/h6-7,11,20-21H,8-9H2,1-5H3. The molecular weight excluding hydrogens is 341 g/mol. The van der Waals surface area contributed by atoms with E-state index in [1.165, 1.54) is 19.2 Å². The lowest BCUT2D eigenvalue weighted by molar-refractivity contribution is 0.0104. The zero-order valence-corrected chi connectivity index (χ0v) is 15.6. The summed E-state index contributed by atoms with van der Waals surface area (Å²) >= 11 is 0. The molecule has 1 heterocycles. The van der Waals surface area contributed by atoms with Crippen LogP contribution in [0.5, 0.6) is 0 Å². The van der Waals surface area contributed by atoms with Crippen LogP contribution in [0.4, 0.5) is 14.9 Å². The summed E-state index contributed by atoms with van der Waals surface area (Å²) in [6, 6.07) is 2.38. The van der Waals surface area contributed by atoms with E-state index < -0.39 is 23.5 Å². The third kappa shape index (κ3) is 4.50. The number of benzene rings is 1. The van der Waals surface area contributed by atoms with Gasteiger partial charge in [-0.1, -0.05) is 0 Å². The van der Waals surface area contributed by atoms with E-state index >= 15 is 0 Å². The van der Waals surface area contributed by atoms with E-state index in [2.05, 4.69) is 10.1 Å². The molecule has 1 aliphatic heterocycles. The van der Waals surface area contributed by atoms with Crippen molar-refractivity contribution in [3.8, 4) is 0 Å². The fourth-order valence-electron chi connectivity index (χ4n) is 2.53. The maximum absolute atomic E-state index is 14.2. The molecule has 2 N–H and O–H groups in total. The average molecular weight is 365 g/mol. The van der Waals surface area contributed by atoms with Crippen LogP contribution in [0.25, 0.3) is 0 Å². The number of carbonyl (C=O) groups is 2. The Kier molecular flexibility index (Phi) is 5.53. The summed E-state index contributed by atoms with van der Waals surface area (Å²) in [5, 5.41) is 11.0. The van der Waals surface area contributed by atoms with Crippen molar-refractivity contribution in [1.82, 2.24) is 4.90 Å². The zero-order chi connectivity index (χ0) is 19.6. The van der Waals surface area contributed by atoms with Gasteiger partial charge in [-0.2, -0.15) is 0 Å². The van der Waals surface area contributed by atoms with E-state index in [9.17, 15) is 14.0 Å². The topological polar surface area (TPSA) is 91.7 Å². The number of nitrogens with zero attached hydrogens (tertiary/aromatic N) is 1. The Labute approximate surface area is 152 Å². The van der Waals surface area contributed by atoms with Gasteiger partial charge in [-0.3, -0.25) is 0 Å². The van der Waals surface area contributed by atoms with E-state index in [1.54, 1.807) is 32.6 Å². The molecule has 8 heteroatoms. The molecule has 1 amide bonds. The molecule has 2 rings (SSSR count). The quantitative estimate of drug-likeness (QED) is 0.632. The summed E-state index contributed by atoms with van der Waals surface area (Å²) in [6.07, 6.45) is -0.397. The van der Waals surface area contributed by atoms with Gasteiger partial charge < -0.3 is 25.1 Å². The van der Waals surface area contributed by atoms with Crippen LogP contribution in [0.3, 0.4) is 0 Å². The van der Waals surface area contributed by atoms with Crippen molar-refractivity contribution in [1.29, 1.82) is 5.41 Å². The van der Waals surface area contributed by atoms with E-state index in [0.717, 1.165) is 0 Å².